The van der Waals surface area contributed by atoms with E-state index in [4.69, 9.17) is 19.3 Å². The van der Waals surface area contributed by atoms with Crippen LogP contribution < -0.4 is 0 Å². The van der Waals surface area contributed by atoms with Gasteiger partial charge in [0.05, 0.1) is 6.61 Å². The molecule has 0 spiro atoms. The summed E-state index contributed by atoms with van der Waals surface area (Å²) in [7, 11) is -4.75. The highest BCUT2D eigenvalue weighted by Crippen LogP contribution is 2.36. The summed E-state index contributed by atoms with van der Waals surface area (Å²) in [6.45, 7) is 3.69. The van der Waals surface area contributed by atoms with Gasteiger partial charge < -0.3 is 19.3 Å². The van der Waals surface area contributed by atoms with Crippen LogP contribution >= 0.6 is 7.82 Å². The molecular formula is C40H77O8P. The third-order valence-corrected chi connectivity index (χ3v) is 9.52. The Morgan fingerprint density at radius 3 is 1.24 bits per heavy atom. The van der Waals surface area contributed by atoms with Crippen LogP contribution in [-0.4, -0.2) is 41.0 Å². The van der Waals surface area contributed by atoms with Gasteiger partial charge in [-0.25, -0.2) is 4.57 Å². The van der Waals surface area contributed by atoms with Crippen molar-refractivity contribution in [1.29, 1.82) is 0 Å². The Morgan fingerprint density at radius 1 is 0.510 bits per heavy atom. The molecule has 0 aliphatic heterocycles. The van der Waals surface area contributed by atoms with Crippen molar-refractivity contribution < 1.29 is 37.9 Å². The second-order valence-corrected chi connectivity index (χ2v) is 15.2. The lowest BCUT2D eigenvalue weighted by molar-refractivity contribution is -0.161. The predicted molar refractivity (Wildman–Crippen MR) is 202 cm³/mol. The number of rotatable bonds is 38. The highest BCUT2D eigenvalue weighted by Gasteiger charge is 2.22. The van der Waals surface area contributed by atoms with Crippen LogP contribution in [0, 0.1) is 0 Å². The van der Waals surface area contributed by atoms with Crippen LogP contribution in [0.5, 0.6) is 0 Å². The average Bonchev–Trinajstić information content (AvgIpc) is 3.07. The third-order valence-electron chi connectivity index (χ3n) is 9.03. The van der Waals surface area contributed by atoms with E-state index in [2.05, 4.69) is 30.5 Å². The second-order valence-electron chi connectivity index (χ2n) is 14.0. The summed E-state index contributed by atoms with van der Waals surface area (Å²) in [6, 6.07) is 0. The number of unbranched alkanes of at least 4 members (excludes halogenated alkanes) is 26. The van der Waals surface area contributed by atoms with Gasteiger partial charge in [0.1, 0.15) is 6.61 Å². The topological polar surface area (TPSA) is 119 Å². The minimum absolute atomic E-state index is 0.206. The molecule has 0 rings (SSSR count). The largest absolute Gasteiger partial charge is 0.469 e. The van der Waals surface area contributed by atoms with Gasteiger partial charge in [0.2, 0.25) is 0 Å². The molecule has 0 radical (unpaired) electrons. The van der Waals surface area contributed by atoms with Crippen molar-refractivity contribution in [1.82, 2.24) is 0 Å². The predicted octanol–water partition coefficient (Wildman–Crippen LogP) is 12.2. The van der Waals surface area contributed by atoms with Gasteiger partial charge in [0, 0.05) is 12.8 Å². The molecule has 0 saturated heterocycles. The van der Waals surface area contributed by atoms with Crippen molar-refractivity contribution in [2.75, 3.05) is 13.2 Å². The van der Waals surface area contributed by atoms with Crippen molar-refractivity contribution in [3.8, 4) is 0 Å². The van der Waals surface area contributed by atoms with Crippen molar-refractivity contribution >= 4 is 19.8 Å². The highest BCUT2D eigenvalue weighted by molar-refractivity contribution is 7.46. The zero-order valence-electron chi connectivity index (χ0n) is 31.9. The summed E-state index contributed by atoms with van der Waals surface area (Å²) in [5.41, 5.74) is 0. The lowest BCUT2D eigenvalue weighted by atomic mass is 10.0. The SMILES string of the molecule is CCCCCCCCC/C=C\CCCCCCCC(=O)OC(COC(=O)CCCCCCCCCCCCCCCCC)COP(=O)(O)O. The first-order valence-electron chi connectivity index (χ1n) is 20.5. The Kier molecular flexibility index (Phi) is 35.7. The molecular weight excluding hydrogens is 639 g/mol. The number of hydrogen-bond acceptors (Lipinski definition) is 6. The molecule has 0 aliphatic carbocycles. The molecule has 0 aromatic heterocycles. The van der Waals surface area contributed by atoms with Crippen molar-refractivity contribution in [3.63, 3.8) is 0 Å². The quantitative estimate of drug-likeness (QED) is 0.0280. The van der Waals surface area contributed by atoms with Gasteiger partial charge in [-0.1, -0.05) is 174 Å². The van der Waals surface area contributed by atoms with E-state index >= 15 is 0 Å². The normalized spacial score (nSPS) is 12.5. The molecule has 0 amide bonds. The van der Waals surface area contributed by atoms with E-state index in [9.17, 15) is 14.2 Å². The number of allylic oxidation sites excluding steroid dienone is 2. The number of hydrogen-bond donors (Lipinski definition) is 2. The third kappa shape index (κ3) is 39.4. The van der Waals surface area contributed by atoms with E-state index in [1.54, 1.807) is 0 Å². The van der Waals surface area contributed by atoms with Crippen LogP contribution in [0.1, 0.15) is 213 Å². The van der Waals surface area contributed by atoms with Gasteiger partial charge in [-0.05, 0) is 38.5 Å². The number of carbonyl (C=O) groups excluding carboxylic acids is 2. The first-order chi connectivity index (χ1) is 23.8. The summed E-state index contributed by atoms with van der Waals surface area (Å²) >= 11 is 0. The Bertz CT molecular complexity index is 812. The first-order valence-corrected chi connectivity index (χ1v) is 22.0. The molecule has 1 atom stereocenters. The van der Waals surface area contributed by atoms with Gasteiger partial charge in [0.25, 0.3) is 0 Å². The van der Waals surface area contributed by atoms with Crippen LogP contribution in [0.4, 0.5) is 0 Å². The van der Waals surface area contributed by atoms with Crippen LogP contribution in [0.25, 0.3) is 0 Å². The number of phosphoric acid groups is 1. The Morgan fingerprint density at radius 2 is 0.857 bits per heavy atom. The molecule has 1 unspecified atom stereocenters. The zero-order valence-corrected chi connectivity index (χ0v) is 32.8. The van der Waals surface area contributed by atoms with Gasteiger partial charge >= 0.3 is 19.8 Å². The fourth-order valence-corrected chi connectivity index (χ4v) is 6.32. The second kappa shape index (κ2) is 36.6. The first kappa shape index (κ1) is 47.8. The molecule has 49 heavy (non-hydrogen) atoms. The molecule has 9 heteroatoms. The molecule has 0 heterocycles. The van der Waals surface area contributed by atoms with Gasteiger partial charge in [-0.3, -0.25) is 14.1 Å². The Hall–Kier alpha value is -1.21. The molecule has 0 aliphatic rings. The maximum absolute atomic E-state index is 12.4. The minimum atomic E-state index is -4.75. The standard InChI is InChI=1S/C40H77O8P/c1-3-5-7-9-11-13-15-17-19-21-23-25-27-29-31-33-35-40(42)48-38(37-47-49(43,44)45)36-46-39(41)34-32-30-28-26-24-22-20-18-16-14-12-10-8-6-4-2/h19,21,38H,3-18,20,22-37H2,1-2H3,(H2,43,44,45)/b21-19-. The molecule has 290 valence electrons. The van der Waals surface area contributed by atoms with Crippen molar-refractivity contribution in [3.05, 3.63) is 12.2 Å². The Labute approximate surface area is 301 Å². The smallest absolute Gasteiger partial charge is 0.462 e. The van der Waals surface area contributed by atoms with Gasteiger partial charge in [-0.2, -0.15) is 0 Å². The van der Waals surface area contributed by atoms with E-state index < -0.39 is 32.5 Å². The van der Waals surface area contributed by atoms with E-state index in [0.29, 0.717) is 6.42 Å². The Balaban J connectivity index is 3.91. The van der Waals surface area contributed by atoms with Crippen molar-refractivity contribution in [2.45, 2.75) is 219 Å². The fraction of sp³-hybridized carbons (Fsp3) is 0.900. The lowest BCUT2D eigenvalue weighted by Gasteiger charge is -2.18. The lowest BCUT2D eigenvalue weighted by Crippen LogP contribution is -2.29. The number of esters is 2. The van der Waals surface area contributed by atoms with Crippen LogP contribution in [0.15, 0.2) is 12.2 Å². The number of phosphoric ester groups is 1. The van der Waals surface area contributed by atoms with Crippen LogP contribution in [0.2, 0.25) is 0 Å². The van der Waals surface area contributed by atoms with Gasteiger partial charge in [-0.15, -0.1) is 0 Å². The molecule has 0 bridgehead atoms. The zero-order chi connectivity index (χ0) is 36.1. The summed E-state index contributed by atoms with van der Waals surface area (Å²) in [5, 5.41) is 0. The molecule has 2 N–H and O–H groups in total. The number of ether oxygens (including phenoxy) is 2. The summed E-state index contributed by atoms with van der Waals surface area (Å²) in [4.78, 5) is 42.8. The molecule has 0 aromatic carbocycles. The van der Waals surface area contributed by atoms with E-state index in [1.165, 1.54) is 128 Å². The maximum Gasteiger partial charge on any atom is 0.469 e. The number of carbonyl (C=O) groups is 2. The highest BCUT2D eigenvalue weighted by atomic mass is 31.2. The summed E-state index contributed by atoms with van der Waals surface area (Å²) in [6.07, 6.45) is 39.3. The summed E-state index contributed by atoms with van der Waals surface area (Å²) < 4.78 is 26.4. The van der Waals surface area contributed by atoms with Gasteiger partial charge in [0.15, 0.2) is 6.10 Å². The molecule has 0 fully saturated rings. The average molecular weight is 717 g/mol. The van der Waals surface area contributed by atoms with Crippen LogP contribution in [-0.2, 0) is 28.2 Å². The van der Waals surface area contributed by atoms with E-state index in [1.807, 2.05) is 0 Å². The molecule has 8 nitrogen and oxygen atoms in total. The summed E-state index contributed by atoms with van der Waals surface area (Å²) in [5.74, 6) is -0.884. The molecule has 0 aromatic rings. The van der Waals surface area contributed by atoms with Crippen molar-refractivity contribution in [2.24, 2.45) is 0 Å². The maximum atomic E-state index is 12.4. The monoisotopic (exact) mass is 717 g/mol. The van der Waals surface area contributed by atoms with E-state index in [0.717, 1.165) is 51.4 Å². The minimum Gasteiger partial charge on any atom is -0.462 e. The molecule has 0 saturated carbocycles. The van der Waals surface area contributed by atoms with E-state index in [-0.39, 0.29) is 19.4 Å². The fourth-order valence-electron chi connectivity index (χ4n) is 5.96. The van der Waals surface area contributed by atoms with Crippen LogP contribution in [0.3, 0.4) is 0 Å².